The molecule has 0 aliphatic heterocycles. The maximum atomic E-state index is 8.83. The maximum Gasteiger partial charge on any atom is 0.188 e. The molecule has 0 aliphatic rings. The molecule has 0 amide bonds. The number of ether oxygens (including phenoxy) is 2. The van der Waals surface area contributed by atoms with Crippen LogP contribution in [-0.2, 0) is 11.3 Å². The molecule has 4 heteroatoms. The Balaban J connectivity index is 2.68. The average Bonchev–Trinajstić information content (AvgIpc) is 2.15. The lowest BCUT2D eigenvalue weighted by Crippen LogP contribution is -2.02. The van der Waals surface area contributed by atoms with E-state index in [2.05, 4.69) is 4.98 Å². The second-order valence-corrected chi connectivity index (χ2v) is 2.16. The Morgan fingerprint density at radius 3 is 3.08 bits per heavy atom. The van der Waals surface area contributed by atoms with Crippen LogP contribution in [0.3, 0.4) is 0 Å². The summed E-state index contributed by atoms with van der Waals surface area (Å²) in [4.78, 5) is 3.92. The van der Waals surface area contributed by atoms with Crippen LogP contribution >= 0.6 is 0 Å². The van der Waals surface area contributed by atoms with Gasteiger partial charge in [-0.1, -0.05) is 0 Å². The summed E-state index contributed by atoms with van der Waals surface area (Å²) < 4.78 is 9.85. The molecule has 0 aliphatic carbocycles. The zero-order valence-electron chi connectivity index (χ0n) is 6.86. The van der Waals surface area contributed by atoms with Gasteiger partial charge in [0.2, 0.25) is 0 Å². The second-order valence-electron chi connectivity index (χ2n) is 2.16. The number of aliphatic hydroxyl groups excluding tert-OH is 1. The summed E-state index contributed by atoms with van der Waals surface area (Å²) in [5, 5.41) is 8.83. The Hall–Kier alpha value is -1.13. The molecule has 0 saturated carbocycles. The molecule has 1 N–H and O–H groups in total. The third kappa shape index (κ3) is 2.18. The Bertz CT molecular complexity index is 239. The van der Waals surface area contributed by atoms with Crippen LogP contribution in [0.2, 0.25) is 0 Å². The Morgan fingerprint density at radius 1 is 1.58 bits per heavy atom. The van der Waals surface area contributed by atoms with Crippen molar-refractivity contribution in [3.8, 4) is 5.75 Å². The summed E-state index contributed by atoms with van der Waals surface area (Å²) >= 11 is 0. The van der Waals surface area contributed by atoms with Crippen LogP contribution in [0.5, 0.6) is 5.75 Å². The number of pyridine rings is 1. The molecule has 0 bridgehead atoms. The highest BCUT2D eigenvalue weighted by Crippen LogP contribution is 2.14. The van der Waals surface area contributed by atoms with Gasteiger partial charge in [-0.25, -0.2) is 0 Å². The van der Waals surface area contributed by atoms with E-state index in [1.807, 2.05) is 0 Å². The monoisotopic (exact) mass is 169 g/mol. The van der Waals surface area contributed by atoms with Crippen molar-refractivity contribution in [3.05, 3.63) is 24.0 Å². The molecule has 1 aromatic heterocycles. The van der Waals surface area contributed by atoms with Gasteiger partial charge in [0.1, 0.15) is 11.4 Å². The van der Waals surface area contributed by atoms with Crippen molar-refractivity contribution in [3.63, 3.8) is 0 Å². The van der Waals surface area contributed by atoms with Gasteiger partial charge in [-0.05, 0) is 12.1 Å². The Morgan fingerprint density at radius 2 is 2.42 bits per heavy atom. The topological polar surface area (TPSA) is 51.6 Å². The van der Waals surface area contributed by atoms with E-state index in [1.165, 1.54) is 7.11 Å². The molecule has 12 heavy (non-hydrogen) atoms. The standard InChI is InChI=1S/C8H11NO3/c1-11-6-12-8-3-2-4-9-7(8)5-10/h2-4,10H,5-6H2,1H3. The van der Waals surface area contributed by atoms with Gasteiger partial charge in [0, 0.05) is 13.3 Å². The first-order valence-electron chi connectivity index (χ1n) is 3.55. The third-order valence-electron chi connectivity index (χ3n) is 1.33. The van der Waals surface area contributed by atoms with Gasteiger partial charge in [-0.3, -0.25) is 4.98 Å². The van der Waals surface area contributed by atoms with Crippen LogP contribution in [0.15, 0.2) is 18.3 Å². The number of hydrogen-bond donors (Lipinski definition) is 1. The largest absolute Gasteiger partial charge is 0.466 e. The fourth-order valence-corrected chi connectivity index (χ4v) is 0.796. The highest BCUT2D eigenvalue weighted by molar-refractivity contribution is 5.25. The number of aliphatic hydroxyl groups is 1. The van der Waals surface area contributed by atoms with Gasteiger partial charge >= 0.3 is 0 Å². The minimum Gasteiger partial charge on any atom is -0.466 e. The van der Waals surface area contributed by atoms with Crippen molar-refractivity contribution in [2.24, 2.45) is 0 Å². The predicted molar refractivity (Wildman–Crippen MR) is 42.7 cm³/mol. The van der Waals surface area contributed by atoms with E-state index in [1.54, 1.807) is 18.3 Å². The fourth-order valence-electron chi connectivity index (χ4n) is 0.796. The lowest BCUT2D eigenvalue weighted by atomic mass is 10.3. The van der Waals surface area contributed by atoms with Gasteiger partial charge in [0.25, 0.3) is 0 Å². The molecular weight excluding hydrogens is 158 g/mol. The third-order valence-corrected chi connectivity index (χ3v) is 1.33. The van der Waals surface area contributed by atoms with Gasteiger partial charge in [0.15, 0.2) is 6.79 Å². The number of methoxy groups -OCH3 is 1. The molecule has 1 aromatic rings. The van der Waals surface area contributed by atoms with Gasteiger partial charge in [-0.2, -0.15) is 0 Å². The molecule has 0 atom stereocenters. The molecule has 0 spiro atoms. The SMILES string of the molecule is COCOc1cccnc1CO. The smallest absolute Gasteiger partial charge is 0.188 e. The molecular formula is C8H11NO3. The van der Waals surface area contributed by atoms with Gasteiger partial charge in [-0.15, -0.1) is 0 Å². The van der Waals surface area contributed by atoms with Crippen LogP contribution in [0.4, 0.5) is 0 Å². The molecule has 1 rings (SSSR count). The van der Waals surface area contributed by atoms with Crippen molar-refractivity contribution in [2.45, 2.75) is 6.61 Å². The van der Waals surface area contributed by atoms with Crippen LogP contribution in [0.1, 0.15) is 5.69 Å². The zero-order chi connectivity index (χ0) is 8.81. The minimum absolute atomic E-state index is 0.125. The van der Waals surface area contributed by atoms with Crippen molar-refractivity contribution in [1.29, 1.82) is 0 Å². The van der Waals surface area contributed by atoms with Crippen molar-refractivity contribution >= 4 is 0 Å². The summed E-state index contributed by atoms with van der Waals surface area (Å²) in [6.07, 6.45) is 1.60. The molecule has 66 valence electrons. The van der Waals surface area contributed by atoms with E-state index in [0.29, 0.717) is 11.4 Å². The summed E-state index contributed by atoms with van der Waals surface area (Å²) in [5.74, 6) is 0.557. The first kappa shape index (κ1) is 8.96. The van der Waals surface area contributed by atoms with E-state index in [0.717, 1.165) is 0 Å². The fraction of sp³-hybridized carbons (Fsp3) is 0.375. The molecule has 0 unspecified atom stereocenters. The van der Waals surface area contributed by atoms with E-state index in [4.69, 9.17) is 14.6 Å². The van der Waals surface area contributed by atoms with Crippen LogP contribution in [-0.4, -0.2) is 24.0 Å². The van der Waals surface area contributed by atoms with E-state index < -0.39 is 0 Å². The number of hydrogen-bond acceptors (Lipinski definition) is 4. The van der Waals surface area contributed by atoms with E-state index >= 15 is 0 Å². The molecule has 0 saturated heterocycles. The first-order chi connectivity index (χ1) is 5.88. The second kappa shape index (κ2) is 4.69. The Kier molecular flexibility index (Phi) is 3.50. The van der Waals surface area contributed by atoms with Gasteiger partial charge in [0.05, 0.1) is 6.61 Å². The normalized spacial score (nSPS) is 9.83. The summed E-state index contributed by atoms with van der Waals surface area (Å²) in [7, 11) is 1.54. The Labute approximate surface area is 70.8 Å². The van der Waals surface area contributed by atoms with E-state index in [9.17, 15) is 0 Å². The lowest BCUT2D eigenvalue weighted by molar-refractivity contribution is 0.0490. The average molecular weight is 169 g/mol. The van der Waals surface area contributed by atoms with Crippen LogP contribution in [0, 0.1) is 0 Å². The number of rotatable bonds is 4. The van der Waals surface area contributed by atoms with Crippen molar-refractivity contribution < 1.29 is 14.6 Å². The molecule has 0 radical (unpaired) electrons. The lowest BCUT2D eigenvalue weighted by Gasteiger charge is -2.06. The summed E-state index contributed by atoms with van der Waals surface area (Å²) in [6.45, 7) is 0.0403. The molecule has 0 aromatic carbocycles. The highest BCUT2D eigenvalue weighted by Gasteiger charge is 2.01. The minimum atomic E-state index is -0.125. The molecule has 0 fully saturated rings. The van der Waals surface area contributed by atoms with Gasteiger partial charge < -0.3 is 14.6 Å². The number of nitrogens with zero attached hydrogens (tertiary/aromatic N) is 1. The summed E-state index contributed by atoms with van der Waals surface area (Å²) in [5.41, 5.74) is 0.523. The summed E-state index contributed by atoms with van der Waals surface area (Å²) in [6, 6.07) is 3.47. The zero-order valence-corrected chi connectivity index (χ0v) is 6.86. The molecule has 1 heterocycles. The number of aromatic nitrogens is 1. The predicted octanol–water partition coefficient (Wildman–Crippen LogP) is 0.557. The van der Waals surface area contributed by atoms with Crippen molar-refractivity contribution in [1.82, 2.24) is 4.98 Å². The first-order valence-corrected chi connectivity index (χ1v) is 3.55. The quantitative estimate of drug-likeness (QED) is 0.669. The molecule has 4 nitrogen and oxygen atoms in total. The van der Waals surface area contributed by atoms with Crippen LogP contribution in [0.25, 0.3) is 0 Å². The highest BCUT2D eigenvalue weighted by atomic mass is 16.7. The van der Waals surface area contributed by atoms with Crippen LogP contribution < -0.4 is 4.74 Å². The maximum absolute atomic E-state index is 8.83. The van der Waals surface area contributed by atoms with Crippen molar-refractivity contribution in [2.75, 3.05) is 13.9 Å². The van der Waals surface area contributed by atoms with E-state index in [-0.39, 0.29) is 13.4 Å².